The number of hydrogen-bond acceptors (Lipinski definition) is 6. The summed E-state index contributed by atoms with van der Waals surface area (Å²) in [6, 6.07) is 0. The van der Waals surface area contributed by atoms with Crippen LogP contribution < -0.4 is 0 Å². The van der Waals surface area contributed by atoms with Crippen molar-refractivity contribution in [3.63, 3.8) is 0 Å². The molecule has 6 nitrogen and oxygen atoms in total. The quantitative estimate of drug-likeness (QED) is 0.495. The molecule has 1 fully saturated rings. The topological polar surface area (TPSA) is 71.4 Å². The maximum atomic E-state index is 9.33. The molecule has 1 rings (SSSR count). The first-order valence-electron chi connectivity index (χ1n) is 5.97. The van der Waals surface area contributed by atoms with Gasteiger partial charge in [-0.3, -0.25) is 4.90 Å². The summed E-state index contributed by atoms with van der Waals surface area (Å²) in [5.41, 5.74) is 0. The van der Waals surface area contributed by atoms with Gasteiger partial charge in [0.15, 0.2) is 0 Å². The summed E-state index contributed by atoms with van der Waals surface area (Å²) in [7, 11) is 1.64. The van der Waals surface area contributed by atoms with Gasteiger partial charge in [0.05, 0.1) is 45.2 Å². The molecule has 0 aliphatic carbocycles. The van der Waals surface area contributed by atoms with Crippen molar-refractivity contribution in [3.8, 4) is 0 Å². The standard InChI is InChI=1S/C11H23NO5/c1-15-4-5-17-7-6-16-3-2-12-8-10(13)11(14)9-12/h10-11,13-14H,2-9H2,1H3/t10-,11+. The maximum absolute atomic E-state index is 9.33. The Morgan fingerprint density at radius 3 is 2.06 bits per heavy atom. The Kier molecular flexibility index (Phi) is 7.67. The van der Waals surface area contributed by atoms with Crippen molar-refractivity contribution in [1.82, 2.24) is 4.90 Å². The third-order valence-electron chi connectivity index (χ3n) is 2.69. The summed E-state index contributed by atoms with van der Waals surface area (Å²) < 4.78 is 15.4. The smallest absolute Gasteiger partial charge is 0.0938 e. The summed E-state index contributed by atoms with van der Waals surface area (Å²) in [6.07, 6.45) is -1.24. The largest absolute Gasteiger partial charge is 0.389 e. The lowest BCUT2D eigenvalue weighted by Gasteiger charge is -2.14. The van der Waals surface area contributed by atoms with E-state index < -0.39 is 12.2 Å². The Morgan fingerprint density at radius 2 is 1.47 bits per heavy atom. The molecule has 1 aliphatic heterocycles. The minimum atomic E-state index is -0.618. The second-order valence-corrected chi connectivity index (χ2v) is 4.11. The number of β-amino-alcohol motifs (C(OH)–C–C–N with tert-alkyl or cyclic N) is 2. The van der Waals surface area contributed by atoms with Gasteiger partial charge in [0.25, 0.3) is 0 Å². The van der Waals surface area contributed by atoms with Crippen molar-refractivity contribution in [2.75, 3.05) is 59.8 Å². The van der Waals surface area contributed by atoms with Crippen molar-refractivity contribution in [3.05, 3.63) is 0 Å². The number of aliphatic hydroxyl groups is 2. The van der Waals surface area contributed by atoms with Gasteiger partial charge in [0.2, 0.25) is 0 Å². The number of methoxy groups -OCH3 is 1. The molecule has 1 aliphatic rings. The zero-order chi connectivity index (χ0) is 12.5. The van der Waals surface area contributed by atoms with Gasteiger partial charge >= 0.3 is 0 Å². The van der Waals surface area contributed by atoms with Gasteiger partial charge in [-0.25, -0.2) is 0 Å². The third kappa shape index (κ3) is 6.30. The number of ether oxygens (including phenoxy) is 3. The fourth-order valence-electron chi connectivity index (χ4n) is 1.69. The highest BCUT2D eigenvalue weighted by Crippen LogP contribution is 2.08. The summed E-state index contributed by atoms with van der Waals surface area (Å²) in [4.78, 5) is 1.99. The molecule has 6 heteroatoms. The summed E-state index contributed by atoms with van der Waals surface area (Å²) in [5.74, 6) is 0. The monoisotopic (exact) mass is 249 g/mol. The Balaban J connectivity index is 1.85. The lowest BCUT2D eigenvalue weighted by molar-refractivity contribution is 0.0200. The second-order valence-electron chi connectivity index (χ2n) is 4.11. The van der Waals surface area contributed by atoms with E-state index in [1.54, 1.807) is 7.11 Å². The van der Waals surface area contributed by atoms with E-state index in [-0.39, 0.29) is 0 Å². The summed E-state index contributed by atoms with van der Waals surface area (Å²) in [6.45, 7) is 4.67. The maximum Gasteiger partial charge on any atom is 0.0938 e. The van der Waals surface area contributed by atoms with Gasteiger partial charge in [-0.15, -0.1) is 0 Å². The molecule has 0 spiro atoms. The summed E-state index contributed by atoms with van der Waals surface area (Å²) >= 11 is 0. The fraction of sp³-hybridized carbons (Fsp3) is 1.00. The lowest BCUT2D eigenvalue weighted by atomic mass is 10.3. The van der Waals surface area contributed by atoms with Gasteiger partial charge in [-0.1, -0.05) is 0 Å². The van der Waals surface area contributed by atoms with Crippen LogP contribution in [0.1, 0.15) is 0 Å². The first kappa shape index (κ1) is 14.8. The van der Waals surface area contributed by atoms with Crippen molar-refractivity contribution >= 4 is 0 Å². The van der Waals surface area contributed by atoms with E-state index in [0.29, 0.717) is 46.1 Å². The van der Waals surface area contributed by atoms with Crippen LogP contribution in [0.2, 0.25) is 0 Å². The third-order valence-corrected chi connectivity index (χ3v) is 2.69. The van der Waals surface area contributed by atoms with E-state index in [1.165, 1.54) is 0 Å². The highest BCUT2D eigenvalue weighted by atomic mass is 16.5. The minimum absolute atomic E-state index is 0.523. The Labute approximate surface area is 102 Å². The van der Waals surface area contributed by atoms with Crippen LogP contribution in [0.3, 0.4) is 0 Å². The fourth-order valence-corrected chi connectivity index (χ4v) is 1.69. The van der Waals surface area contributed by atoms with Crippen LogP contribution in [0.15, 0.2) is 0 Å². The Hall–Kier alpha value is -0.240. The molecule has 0 radical (unpaired) electrons. The highest BCUT2D eigenvalue weighted by Gasteiger charge is 2.28. The van der Waals surface area contributed by atoms with Crippen molar-refractivity contribution < 1.29 is 24.4 Å². The Bertz CT molecular complexity index is 183. The van der Waals surface area contributed by atoms with Crippen LogP contribution in [-0.2, 0) is 14.2 Å². The molecule has 0 aromatic heterocycles. The first-order valence-corrected chi connectivity index (χ1v) is 5.97. The molecule has 1 saturated heterocycles. The average Bonchev–Trinajstić information content (AvgIpc) is 2.62. The van der Waals surface area contributed by atoms with Crippen LogP contribution in [0.25, 0.3) is 0 Å². The van der Waals surface area contributed by atoms with Crippen LogP contribution in [0.5, 0.6) is 0 Å². The number of rotatable bonds is 9. The molecule has 2 atom stereocenters. The van der Waals surface area contributed by atoms with E-state index >= 15 is 0 Å². The molecular formula is C11H23NO5. The van der Waals surface area contributed by atoms with Crippen LogP contribution in [0.4, 0.5) is 0 Å². The number of nitrogens with zero attached hydrogens (tertiary/aromatic N) is 1. The molecule has 0 unspecified atom stereocenters. The normalized spacial score (nSPS) is 25.6. The molecule has 0 saturated carbocycles. The second kappa shape index (κ2) is 8.79. The lowest BCUT2D eigenvalue weighted by Crippen LogP contribution is -2.26. The van der Waals surface area contributed by atoms with Crippen molar-refractivity contribution in [1.29, 1.82) is 0 Å². The highest BCUT2D eigenvalue weighted by molar-refractivity contribution is 4.82. The molecule has 0 amide bonds. The van der Waals surface area contributed by atoms with Gasteiger partial charge in [-0.05, 0) is 0 Å². The summed E-state index contributed by atoms with van der Waals surface area (Å²) in [5, 5.41) is 18.7. The molecule has 0 bridgehead atoms. The predicted molar refractivity (Wildman–Crippen MR) is 62.0 cm³/mol. The molecule has 0 aromatic rings. The van der Waals surface area contributed by atoms with E-state index in [4.69, 9.17) is 14.2 Å². The Morgan fingerprint density at radius 1 is 0.941 bits per heavy atom. The van der Waals surface area contributed by atoms with Gasteiger partial charge in [-0.2, -0.15) is 0 Å². The molecule has 17 heavy (non-hydrogen) atoms. The van der Waals surface area contributed by atoms with E-state index in [1.807, 2.05) is 4.90 Å². The number of aliphatic hydroxyl groups excluding tert-OH is 2. The zero-order valence-electron chi connectivity index (χ0n) is 10.4. The van der Waals surface area contributed by atoms with Crippen molar-refractivity contribution in [2.24, 2.45) is 0 Å². The van der Waals surface area contributed by atoms with E-state index in [0.717, 1.165) is 6.54 Å². The SMILES string of the molecule is COCCOCCOCCN1C[C@@H](O)[C@@H](O)C1. The van der Waals surface area contributed by atoms with Crippen LogP contribution in [-0.4, -0.2) is 87.1 Å². The van der Waals surface area contributed by atoms with E-state index in [2.05, 4.69) is 0 Å². The number of likely N-dealkylation sites (tertiary alicyclic amines) is 1. The van der Waals surface area contributed by atoms with Crippen LogP contribution >= 0.6 is 0 Å². The molecule has 1 heterocycles. The first-order chi connectivity index (χ1) is 8.24. The average molecular weight is 249 g/mol. The van der Waals surface area contributed by atoms with Gasteiger partial charge in [0, 0.05) is 26.7 Å². The van der Waals surface area contributed by atoms with Crippen molar-refractivity contribution in [2.45, 2.75) is 12.2 Å². The predicted octanol–water partition coefficient (Wildman–Crippen LogP) is -1.30. The zero-order valence-corrected chi connectivity index (χ0v) is 10.4. The molecule has 2 N–H and O–H groups in total. The van der Waals surface area contributed by atoms with E-state index in [9.17, 15) is 10.2 Å². The van der Waals surface area contributed by atoms with Crippen LogP contribution in [0, 0.1) is 0 Å². The number of hydrogen-bond donors (Lipinski definition) is 2. The van der Waals surface area contributed by atoms with Gasteiger partial charge < -0.3 is 24.4 Å². The van der Waals surface area contributed by atoms with Gasteiger partial charge in [0.1, 0.15) is 0 Å². The minimum Gasteiger partial charge on any atom is -0.389 e. The molecular weight excluding hydrogens is 226 g/mol. The molecule has 0 aromatic carbocycles. The molecule has 102 valence electrons.